The summed E-state index contributed by atoms with van der Waals surface area (Å²) in [7, 11) is 5.01. The van der Waals surface area contributed by atoms with Gasteiger partial charge in [0, 0.05) is 0 Å². The molecule has 0 aliphatic heterocycles. The van der Waals surface area contributed by atoms with Gasteiger partial charge in [-0.2, -0.15) is 0 Å². The maximum atomic E-state index is 11.3. The van der Waals surface area contributed by atoms with Crippen LogP contribution in [0.5, 0.6) is 0 Å². The molecular weight excluding hydrogens is 227 g/mol. The van der Waals surface area contributed by atoms with Gasteiger partial charge in [-0.1, -0.05) is 44.2 Å². The van der Waals surface area contributed by atoms with Crippen LogP contribution in [0.1, 0.15) is 19.4 Å². The van der Waals surface area contributed by atoms with Gasteiger partial charge in [0.1, 0.15) is 7.85 Å². The van der Waals surface area contributed by atoms with Crippen molar-refractivity contribution in [3.63, 3.8) is 0 Å². The summed E-state index contributed by atoms with van der Waals surface area (Å²) in [5, 5.41) is 0. The number of rotatable bonds is 3. The van der Waals surface area contributed by atoms with Crippen LogP contribution in [0.15, 0.2) is 42.4 Å². The van der Waals surface area contributed by atoms with E-state index in [4.69, 9.17) is 7.85 Å². The van der Waals surface area contributed by atoms with Crippen molar-refractivity contribution in [3.05, 3.63) is 47.9 Å². The SMILES string of the molecule is CC.[B]/C=C\C(=O)NNC(=O)Cc1ccccc1. The van der Waals surface area contributed by atoms with E-state index in [1.165, 1.54) is 0 Å². The summed E-state index contributed by atoms with van der Waals surface area (Å²) in [5.74, 6) is 0.340. The van der Waals surface area contributed by atoms with Crippen LogP contribution in [0.25, 0.3) is 0 Å². The Bertz CT molecular complexity index is 391. The predicted molar refractivity (Wildman–Crippen MR) is 72.7 cm³/mol. The van der Waals surface area contributed by atoms with Gasteiger partial charge in [0.15, 0.2) is 0 Å². The fourth-order valence-electron chi connectivity index (χ4n) is 1.09. The maximum Gasteiger partial charge on any atom is 0.261 e. The summed E-state index contributed by atoms with van der Waals surface area (Å²) in [6.45, 7) is 4.00. The highest BCUT2D eigenvalue weighted by atomic mass is 16.2. The Kier molecular flexibility index (Phi) is 8.99. The van der Waals surface area contributed by atoms with Crippen LogP contribution in [0.4, 0.5) is 0 Å². The fourth-order valence-corrected chi connectivity index (χ4v) is 1.09. The second-order valence-electron chi connectivity index (χ2n) is 3.06. The number of hydrazine groups is 1. The van der Waals surface area contributed by atoms with E-state index < -0.39 is 5.91 Å². The highest BCUT2D eigenvalue weighted by molar-refractivity contribution is 6.19. The van der Waals surface area contributed by atoms with Gasteiger partial charge in [0.2, 0.25) is 5.91 Å². The van der Waals surface area contributed by atoms with E-state index >= 15 is 0 Å². The maximum absolute atomic E-state index is 11.3. The summed E-state index contributed by atoms with van der Waals surface area (Å²) in [6.07, 6.45) is 1.33. The Morgan fingerprint density at radius 1 is 1.17 bits per heavy atom. The van der Waals surface area contributed by atoms with Gasteiger partial charge < -0.3 is 0 Å². The van der Waals surface area contributed by atoms with Crippen molar-refractivity contribution in [2.75, 3.05) is 0 Å². The molecule has 0 saturated carbocycles. The van der Waals surface area contributed by atoms with Gasteiger partial charge in [-0.3, -0.25) is 20.4 Å². The van der Waals surface area contributed by atoms with E-state index in [9.17, 15) is 9.59 Å². The number of benzene rings is 1. The Morgan fingerprint density at radius 3 is 2.33 bits per heavy atom. The second kappa shape index (κ2) is 10.1. The van der Waals surface area contributed by atoms with E-state index in [1.54, 1.807) is 0 Å². The first-order valence-corrected chi connectivity index (χ1v) is 5.73. The lowest BCUT2D eigenvalue weighted by atomic mass is 10.1. The molecular formula is C13H17BN2O2. The quantitative estimate of drug-likeness (QED) is 0.475. The van der Waals surface area contributed by atoms with Crippen LogP contribution in [0.3, 0.4) is 0 Å². The van der Waals surface area contributed by atoms with Crippen molar-refractivity contribution in [3.8, 4) is 0 Å². The van der Waals surface area contributed by atoms with Crippen molar-refractivity contribution < 1.29 is 9.59 Å². The molecule has 0 saturated heterocycles. The Morgan fingerprint density at radius 2 is 1.78 bits per heavy atom. The van der Waals surface area contributed by atoms with E-state index in [-0.39, 0.29) is 12.3 Å². The standard InChI is InChI=1S/C11H11BN2O2.C2H6/c12-7-6-10(15)13-14-11(16)8-9-4-2-1-3-5-9;1-2/h1-7H,8H2,(H,13,15)(H,14,16);1-2H3/b7-6-;. The molecule has 2 amide bonds. The molecule has 18 heavy (non-hydrogen) atoms. The lowest BCUT2D eigenvalue weighted by Gasteiger charge is -2.04. The third-order valence-electron chi connectivity index (χ3n) is 1.78. The molecule has 0 fully saturated rings. The third-order valence-corrected chi connectivity index (χ3v) is 1.78. The molecule has 2 N–H and O–H groups in total. The Balaban J connectivity index is 0.00000137. The van der Waals surface area contributed by atoms with Crippen molar-refractivity contribution >= 4 is 19.7 Å². The van der Waals surface area contributed by atoms with Crippen molar-refractivity contribution in [1.82, 2.24) is 10.9 Å². The van der Waals surface area contributed by atoms with Gasteiger partial charge in [0.25, 0.3) is 5.91 Å². The van der Waals surface area contributed by atoms with Gasteiger partial charge in [-0.25, -0.2) is 0 Å². The molecule has 1 aromatic rings. The molecule has 0 heterocycles. The smallest absolute Gasteiger partial charge is 0.261 e. The normalized spacial score (nSPS) is 9.22. The Hall–Kier alpha value is -2.04. The van der Waals surface area contributed by atoms with Crippen LogP contribution in [0, 0.1) is 0 Å². The van der Waals surface area contributed by atoms with Crippen LogP contribution in [0.2, 0.25) is 0 Å². The molecule has 0 bridgehead atoms. The number of nitrogens with one attached hydrogen (secondary N) is 2. The van der Waals surface area contributed by atoms with Gasteiger partial charge in [0.05, 0.1) is 6.42 Å². The van der Waals surface area contributed by atoms with Gasteiger partial charge in [-0.15, -0.1) is 5.98 Å². The largest absolute Gasteiger partial charge is 0.273 e. The highest BCUT2D eigenvalue weighted by Gasteiger charge is 2.02. The molecule has 0 aromatic heterocycles. The molecule has 0 aliphatic rings. The van der Waals surface area contributed by atoms with Crippen LogP contribution in [-0.4, -0.2) is 19.7 Å². The molecule has 4 nitrogen and oxygen atoms in total. The number of carbonyl (C=O) groups excluding carboxylic acids is 2. The van der Waals surface area contributed by atoms with Crippen molar-refractivity contribution in [1.29, 1.82) is 0 Å². The zero-order valence-corrected chi connectivity index (χ0v) is 10.6. The first kappa shape index (κ1) is 16.0. The lowest BCUT2D eigenvalue weighted by Crippen LogP contribution is -2.41. The second-order valence-corrected chi connectivity index (χ2v) is 3.06. The van der Waals surface area contributed by atoms with Crippen LogP contribution < -0.4 is 10.9 Å². The first-order valence-electron chi connectivity index (χ1n) is 5.73. The van der Waals surface area contributed by atoms with Crippen LogP contribution >= 0.6 is 0 Å². The van der Waals surface area contributed by atoms with Crippen LogP contribution in [-0.2, 0) is 16.0 Å². The highest BCUT2D eigenvalue weighted by Crippen LogP contribution is 1.98. The van der Waals surface area contributed by atoms with E-state index in [0.717, 1.165) is 17.6 Å². The predicted octanol–water partition coefficient (Wildman–Crippen LogP) is 1.08. The molecule has 0 spiro atoms. The topological polar surface area (TPSA) is 58.2 Å². The average molecular weight is 244 g/mol. The Labute approximate surface area is 109 Å². The number of carbonyl (C=O) groups is 2. The monoisotopic (exact) mass is 244 g/mol. The third kappa shape index (κ3) is 7.27. The number of amides is 2. The molecule has 94 valence electrons. The molecule has 2 radical (unpaired) electrons. The lowest BCUT2D eigenvalue weighted by molar-refractivity contribution is -0.126. The van der Waals surface area contributed by atoms with Crippen molar-refractivity contribution in [2.24, 2.45) is 0 Å². The van der Waals surface area contributed by atoms with Gasteiger partial charge in [-0.05, 0) is 11.6 Å². The molecule has 0 unspecified atom stereocenters. The number of hydrogen-bond acceptors (Lipinski definition) is 2. The van der Waals surface area contributed by atoms with E-state index in [1.807, 2.05) is 44.2 Å². The molecule has 0 aliphatic carbocycles. The summed E-state index contributed by atoms with van der Waals surface area (Å²) in [6, 6.07) is 9.23. The minimum Gasteiger partial charge on any atom is -0.273 e. The molecule has 0 atom stereocenters. The van der Waals surface area contributed by atoms with E-state index in [0.29, 0.717) is 0 Å². The first-order chi connectivity index (χ1) is 8.72. The minimum absolute atomic E-state index is 0.216. The molecule has 5 heteroatoms. The summed E-state index contributed by atoms with van der Waals surface area (Å²) in [5.41, 5.74) is 5.35. The number of hydrogen-bond donors (Lipinski definition) is 2. The summed E-state index contributed by atoms with van der Waals surface area (Å²) < 4.78 is 0. The van der Waals surface area contributed by atoms with Gasteiger partial charge >= 0.3 is 0 Å². The zero-order chi connectivity index (χ0) is 13.8. The summed E-state index contributed by atoms with van der Waals surface area (Å²) in [4.78, 5) is 22.2. The molecule has 1 rings (SSSR count). The van der Waals surface area contributed by atoms with Crippen molar-refractivity contribution in [2.45, 2.75) is 20.3 Å². The summed E-state index contributed by atoms with van der Waals surface area (Å²) >= 11 is 0. The zero-order valence-electron chi connectivity index (χ0n) is 10.6. The minimum atomic E-state index is -0.469. The fraction of sp³-hybridized carbons (Fsp3) is 0.231. The van der Waals surface area contributed by atoms with E-state index in [2.05, 4.69) is 10.9 Å². The molecule has 1 aromatic carbocycles. The average Bonchev–Trinajstić information content (AvgIpc) is 2.40.